The number of nitrogens with zero attached hydrogens (tertiary/aromatic N) is 1. The second kappa shape index (κ2) is 8.48. The van der Waals surface area contributed by atoms with Gasteiger partial charge in [-0.1, -0.05) is 37.3 Å². The molecule has 0 saturated heterocycles. The lowest BCUT2D eigenvalue weighted by Gasteiger charge is -2.07. The Morgan fingerprint density at radius 1 is 1.26 bits per heavy atom. The lowest BCUT2D eigenvalue weighted by molar-refractivity contribution is -0.123. The number of aryl methyl sites for hydroxylation is 2. The topological polar surface area (TPSA) is 50.7 Å². The van der Waals surface area contributed by atoms with Gasteiger partial charge in [0, 0.05) is 0 Å². The Kier molecular flexibility index (Phi) is 6.35. The van der Waals surface area contributed by atoms with Gasteiger partial charge < -0.3 is 4.74 Å². The van der Waals surface area contributed by atoms with Gasteiger partial charge in [0.15, 0.2) is 6.61 Å². The molecule has 0 fully saturated rings. The monoisotopic (exact) mass is 374 g/mol. The fourth-order valence-corrected chi connectivity index (χ4v) is 2.52. The normalized spacial score (nSPS) is 10.7. The molecule has 1 N–H and O–H groups in total. The zero-order valence-corrected chi connectivity index (χ0v) is 14.8. The largest absolute Gasteiger partial charge is 0.483 e. The minimum absolute atomic E-state index is 0.0895. The summed E-state index contributed by atoms with van der Waals surface area (Å²) in [6, 6.07) is 13.7. The molecule has 0 spiro atoms. The third-order valence-corrected chi connectivity index (χ3v) is 3.86. The highest BCUT2D eigenvalue weighted by Gasteiger charge is 2.04. The van der Waals surface area contributed by atoms with E-state index in [1.54, 1.807) is 6.21 Å². The summed E-state index contributed by atoms with van der Waals surface area (Å²) in [7, 11) is 0. The predicted molar refractivity (Wildman–Crippen MR) is 95.9 cm³/mol. The molecule has 0 heterocycles. The molecule has 2 rings (SSSR count). The van der Waals surface area contributed by atoms with Gasteiger partial charge in [0.05, 0.1) is 10.7 Å². The van der Waals surface area contributed by atoms with E-state index in [1.165, 1.54) is 5.56 Å². The van der Waals surface area contributed by atoms with Crippen LogP contribution in [0.1, 0.15) is 23.6 Å². The number of carbonyl (C=O) groups excluding carboxylic acids is 1. The number of amides is 1. The summed E-state index contributed by atoms with van der Waals surface area (Å²) in [6.45, 7) is 4.01. The van der Waals surface area contributed by atoms with Crippen molar-refractivity contribution in [1.82, 2.24) is 5.43 Å². The van der Waals surface area contributed by atoms with E-state index in [0.29, 0.717) is 5.75 Å². The molecule has 23 heavy (non-hydrogen) atoms. The van der Waals surface area contributed by atoms with E-state index >= 15 is 0 Å². The van der Waals surface area contributed by atoms with Gasteiger partial charge in [-0.2, -0.15) is 5.10 Å². The molecule has 0 unspecified atom stereocenters. The van der Waals surface area contributed by atoms with Crippen LogP contribution in [0.2, 0.25) is 0 Å². The summed E-state index contributed by atoms with van der Waals surface area (Å²) in [4.78, 5) is 11.7. The molecule has 1 amide bonds. The molecule has 4 nitrogen and oxygen atoms in total. The van der Waals surface area contributed by atoms with Crippen LogP contribution in [0.4, 0.5) is 0 Å². The van der Waals surface area contributed by atoms with Crippen LogP contribution in [0.5, 0.6) is 5.75 Å². The third kappa shape index (κ3) is 5.53. The average molecular weight is 375 g/mol. The Morgan fingerprint density at radius 2 is 2.00 bits per heavy atom. The number of carbonyl (C=O) groups is 1. The summed E-state index contributed by atoms with van der Waals surface area (Å²) < 4.78 is 6.28. The summed E-state index contributed by atoms with van der Waals surface area (Å²) >= 11 is 3.41. The lowest BCUT2D eigenvalue weighted by atomic mass is 10.1. The van der Waals surface area contributed by atoms with Gasteiger partial charge in [-0.3, -0.25) is 4.79 Å². The predicted octanol–water partition coefficient (Wildman–Crippen LogP) is 3.85. The number of nitrogens with one attached hydrogen (secondary N) is 1. The molecule has 2 aromatic carbocycles. The van der Waals surface area contributed by atoms with Gasteiger partial charge >= 0.3 is 0 Å². The highest BCUT2D eigenvalue weighted by atomic mass is 79.9. The molecule has 0 aromatic heterocycles. The highest BCUT2D eigenvalue weighted by molar-refractivity contribution is 9.10. The minimum atomic E-state index is -0.307. The Labute approximate surface area is 144 Å². The maximum atomic E-state index is 11.7. The third-order valence-electron chi connectivity index (χ3n) is 3.24. The van der Waals surface area contributed by atoms with Crippen LogP contribution in [-0.2, 0) is 11.2 Å². The smallest absolute Gasteiger partial charge is 0.277 e. The molecule has 0 radical (unpaired) electrons. The van der Waals surface area contributed by atoms with E-state index in [-0.39, 0.29) is 12.5 Å². The van der Waals surface area contributed by atoms with Crippen molar-refractivity contribution in [3.63, 3.8) is 0 Å². The zero-order chi connectivity index (χ0) is 16.7. The van der Waals surface area contributed by atoms with Crippen molar-refractivity contribution in [2.24, 2.45) is 5.10 Å². The Hall–Kier alpha value is -2.14. The molecule has 0 atom stereocenters. The molecule has 120 valence electrons. The summed E-state index contributed by atoms with van der Waals surface area (Å²) in [5, 5.41) is 3.93. The zero-order valence-electron chi connectivity index (χ0n) is 13.2. The highest BCUT2D eigenvalue weighted by Crippen LogP contribution is 2.25. The van der Waals surface area contributed by atoms with Crippen LogP contribution >= 0.6 is 15.9 Å². The molecule has 0 aliphatic heterocycles. The summed E-state index contributed by atoms with van der Waals surface area (Å²) in [5.74, 6) is 0.323. The van der Waals surface area contributed by atoms with Gasteiger partial charge in [-0.15, -0.1) is 0 Å². The van der Waals surface area contributed by atoms with Gasteiger partial charge in [0.2, 0.25) is 0 Å². The van der Waals surface area contributed by atoms with Crippen molar-refractivity contribution >= 4 is 28.1 Å². The van der Waals surface area contributed by atoms with Crippen LogP contribution in [-0.4, -0.2) is 18.7 Å². The molecule has 0 aliphatic rings. The van der Waals surface area contributed by atoms with E-state index in [2.05, 4.69) is 33.4 Å². The van der Waals surface area contributed by atoms with E-state index in [0.717, 1.165) is 22.0 Å². The van der Waals surface area contributed by atoms with Crippen molar-refractivity contribution in [1.29, 1.82) is 0 Å². The maximum Gasteiger partial charge on any atom is 0.277 e. The van der Waals surface area contributed by atoms with E-state index in [9.17, 15) is 4.79 Å². The van der Waals surface area contributed by atoms with Gasteiger partial charge in [-0.05, 0) is 58.1 Å². The average Bonchev–Trinajstić information content (AvgIpc) is 2.54. The van der Waals surface area contributed by atoms with Gasteiger partial charge in [-0.25, -0.2) is 5.43 Å². The first-order chi connectivity index (χ1) is 11.1. The number of hydrazone groups is 1. The number of hydrogen-bond donors (Lipinski definition) is 1. The van der Waals surface area contributed by atoms with Crippen LogP contribution in [0.25, 0.3) is 0 Å². The number of ether oxygens (including phenoxy) is 1. The van der Waals surface area contributed by atoms with E-state index in [1.807, 2.05) is 49.4 Å². The second-order valence-corrected chi connectivity index (χ2v) is 5.97. The van der Waals surface area contributed by atoms with Crippen molar-refractivity contribution in [3.05, 3.63) is 63.6 Å². The van der Waals surface area contributed by atoms with Crippen LogP contribution < -0.4 is 10.2 Å². The van der Waals surface area contributed by atoms with Crippen LogP contribution in [0.15, 0.2) is 52.0 Å². The van der Waals surface area contributed by atoms with Crippen molar-refractivity contribution < 1.29 is 9.53 Å². The standard InChI is InChI=1S/C18H19BrN2O2/c1-3-14-5-7-15(8-6-14)11-20-21-18(22)12-23-17-9-4-13(2)10-16(17)19/h4-11H,3,12H2,1-2H3,(H,21,22)/b20-11+. The molecular weight excluding hydrogens is 356 g/mol. The number of halogens is 1. The Morgan fingerprint density at radius 3 is 2.65 bits per heavy atom. The fourth-order valence-electron chi connectivity index (χ4n) is 1.92. The van der Waals surface area contributed by atoms with Crippen molar-refractivity contribution in [2.45, 2.75) is 20.3 Å². The molecule has 0 aliphatic carbocycles. The van der Waals surface area contributed by atoms with Crippen LogP contribution in [0.3, 0.4) is 0 Å². The number of benzene rings is 2. The fraction of sp³-hybridized carbons (Fsp3) is 0.222. The van der Waals surface area contributed by atoms with E-state index in [4.69, 9.17) is 4.74 Å². The first-order valence-electron chi connectivity index (χ1n) is 7.38. The van der Waals surface area contributed by atoms with Gasteiger partial charge in [0.1, 0.15) is 5.75 Å². The SMILES string of the molecule is CCc1ccc(/C=N/NC(=O)COc2ccc(C)cc2Br)cc1. The van der Waals surface area contributed by atoms with Crippen LogP contribution in [0, 0.1) is 6.92 Å². The maximum absolute atomic E-state index is 11.7. The van der Waals surface area contributed by atoms with E-state index < -0.39 is 0 Å². The van der Waals surface area contributed by atoms with Crippen molar-refractivity contribution in [3.8, 4) is 5.75 Å². The van der Waals surface area contributed by atoms with Gasteiger partial charge in [0.25, 0.3) is 5.91 Å². The number of rotatable bonds is 6. The summed E-state index contributed by atoms with van der Waals surface area (Å²) in [6.07, 6.45) is 2.61. The molecule has 0 bridgehead atoms. The molecule has 0 saturated carbocycles. The van der Waals surface area contributed by atoms with Crippen molar-refractivity contribution in [2.75, 3.05) is 6.61 Å². The lowest BCUT2D eigenvalue weighted by Crippen LogP contribution is -2.24. The first kappa shape index (κ1) is 17.2. The summed E-state index contributed by atoms with van der Waals surface area (Å²) in [5.41, 5.74) is 5.77. The Balaban J connectivity index is 1.81. The number of hydrogen-bond acceptors (Lipinski definition) is 3. The Bertz CT molecular complexity index is 697. The second-order valence-electron chi connectivity index (χ2n) is 5.11. The molecular formula is C18H19BrN2O2. The minimum Gasteiger partial charge on any atom is -0.483 e. The molecule has 2 aromatic rings. The quantitative estimate of drug-likeness (QED) is 0.616. The first-order valence-corrected chi connectivity index (χ1v) is 8.17. The molecule has 5 heteroatoms.